The Morgan fingerprint density at radius 3 is 2.08 bits per heavy atom. The SMILES string of the molecule is C=C(C)N=C(/C=C(\C)Cl)C(F)(F)F. The first-order valence-corrected chi connectivity index (χ1v) is 3.76. The molecule has 0 N–H and O–H groups in total. The van der Waals surface area contributed by atoms with Crippen LogP contribution < -0.4 is 0 Å². The minimum absolute atomic E-state index is 0.0253. The molecule has 0 aliphatic heterocycles. The maximum Gasteiger partial charge on any atom is 0.433 e. The van der Waals surface area contributed by atoms with Crippen LogP contribution in [-0.4, -0.2) is 11.9 Å². The van der Waals surface area contributed by atoms with Crippen LogP contribution in [0.3, 0.4) is 0 Å². The summed E-state index contributed by atoms with van der Waals surface area (Å²) < 4.78 is 36.5. The van der Waals surface area contributed by atoms with E-state index < -0.39 is 11.9 Å². The number of halogens is 4. The Kier molecular flexibility index (Phi) is 4.20. The van der Waals surface area contributed by atoms with E-state index in [1.807, 2.05) is 0 Å². The predicted molar refractivity (Wildman–Crippen MR) is 47.9 cm³/mol. The third-order valence-electron chi connectivity index (χ3n) is 0.937. The second-order valence-corrected chi connectivity index (χ2v) is 3.06. The maximum atomic E-state index is 12.2. The Morgan fingerprint density at radius 2 is 1.85 bits per heavy atom. The van der Waals surface area contributed by atoms with Crippen molar-refractivity contribution >= 4 is 17.3 Å². The Labute approximate surface area is 79.6 Å². The van der Waals surface area contributed by atoms with E-state index in [9.17, 15) is 13.2 Å². The summed E-state index contributed by atoms with van der Waals surface area (Å²) in [7, 11) is 0. The van der Waals surface area contributed by atoms with Gasteiger partial charge in [-0.3, -0.25) is 0 Å². The minimum Gasteiger partial charge on any atom is -0.249 e. The number of nitrogens with zero attached hydrogens (tertiary/aromatic N) is 1. The van der Waals surface area contributed by atoms with Crippen LogP contribution in [0.2, 0.25) is 0 Å². The van der Waals surface area contributed by atoms with Gasteiger partial charge in [0.05, 0.1) is 0 Å². The summed E-state index contributed by atoms with van der Waals surface area (Å²) in [4.78, 5) is 3.22. The second-order valence-electron chi connectivity index (χ2n) is 2.46. The van der Waals surface area contributed by atoms with Crippen LogP contribution in [0.15, 0.2) is 28.4 Å². The number of aliphatic imine (C=N–C) groups is 1. The van der Waals surface area contributed by atoms with Gasteiger partial charge >= 0.3 is 6.18 Å². The van der Waals surface area contributed by atoms with Crippen molar-refractivity contribution in [2.24, 2.45) is 4.99 Å². The molecule has 1 nitrogen and oxygen atoms in total. The van der Waals surface area contributed by atoms with E-state index in [1.54, 1.807) is 0 Å². The highest BCUT2D eigenvalue weighted by Gasteiger charge is 2.34. The van der Waals surface area contributed by atoms with Gasteiger partial charge in [0.15, 0.2) is 0 Å². The van der Waals surface area contributed by atoms with Gasteiger partial charge in [-0.1, -0.05) is 18.2 Å². The second kappa shape index (κ2) is 4.46. The summed E-state index contributed by atoms with van der Waals surface area (Å²) in [5, 5.41) is 0.0253. The lowest BCUT2D eigenvalue weighted by molar-refractivity contribution is -0.0577. The van der Waals surface area contributed by atoms with Crippen LogP contribution in [0.5, 0.6) is 0 Å². The van der Waals surface area contributed by atoms with E-state index >= 15 is 0 Å². The van der Waals surface area contributed by atoms with E-state index in [2.05, 4.69) is 11.6 Å². The molecule has 0 amide bonds. The quantitative estimate of drug-likeness (QED) is 0.618. The van der Waals surface area contributed by atoms with Gasteiger partial charge < -0.3 is 0 Å². The van der Waals surface area contributed by atoms with Crippen molar-refractivity contribution in [1.82, 2.24) is 0 Å². The van der Waals surface area contributed by atoms with Crippen LogP contribution >= 0.6 is 11.6 Å². The molecule has 0 aromatic rings. The van der Waals surface area contributed by atoms with Crippen molar-refractivity contribution in [2.75, 3.05) is 0 Å². The first-order valence-electron chi connectivity index (χ1n) is 3.38. The fourth-order valence-electron chi connectivity index (χ4n) is 0.572. The third-order valence-corrected chi connectivity index (χ3v) is 1.05. The lowest BCUT2D eigenvalue weighted by atomic mass is 10.3. The van der Waals surface area contributed by atoms with Crippen molar-refractivity contribution in [3.05, 3.63) is 23.4 Å². The summed E-state index contributed by atoms with van der Waals surface area (Å²) in [5.74, 6) is 0. The molecule has 5 heteroatoms. The highest BCUT2D eigenvalue weighted by molar-refractivity contribution is 6.31. The largest absolute Gasteiger partial charge is 0.433 e. The zero-order valence-electron chi connectivity index (χ0n) is 7.24. The number of hydrogen-bond acceptors (Lipinski definition) is 1. The lowest BCUT2D eigenvalue weighted by Crippen LogP contribution is -2.21. The van der Waals surface area contributed by atoms with Gasteiger partial charge in [0, 0.05) is 10.7 Å². The molecule has 0 rings (SSSR count). The van der Waals surface area contributed by atoms with Gasteiger partial charge in [-0.05, 0) is 19.9 Å². The van der Waals surface area contributed by atoms with Crippen molar-refractivity contribution < 1.29 is 13.2 Å². The van der Waals surface area contributed by atoms with Crippen molar-refractivity contribution in [1.29, 1.82) is 0 Å². The molecule has 0 fully saturated rings. The molecule has 0 heterocycles. The van der Waals surface area contributed by atoms with Crippen LogP contribution in [-0.2, 0) is 0 Å². The van der Waals surface area contributed by atoms with Crippen LogP contribution in [0.1, 0.15) is 13.8 Å². The molecule has 0 saturated heterocycles. The fraction of sp³-hybridized carbons (Fsp3) is 0.375. The molecule has 74 valence electrons. The topological polar surface area (TPSA) is 12.4 Å². The van der Waals surface area contributed by atoms with Crippen molar-refractivity contribution in [3.63, 3.8) is 0 Å². The van der Waals surface area contributed by atoms with Crippen molar-refractivity contribution in [3.8, 4) is 0 Å². The van der Waals surface area contributed by atoms with Gasteiger partial charge in [0.25, 0.3) is 0 Å². The number of hydrogen-bond donors (Lipinski definition) is 0. The Hall–Kier alpha value is -0.770. The monoisotopic (exact) mass is 211 g/mol. The van der Waals surface area contributed by atoms with Crippen molar-refractivity contribution in [2.45, 2.75) is 20.0 Å². The summed E-state index contributed by atoms with van der Waals surface area (Å²) in [6, 6.07) is 0. The van der Waals surface area contributed by atoms with E-state index in [1.165, 1.54) is 13.8 Å². The Morgan fingerprint density at radius 1 is 1.38 bits per heavy atom. The first-order chi connectivity index (χ1) is 5.73. The number of rotatable bonds is 2. The summed E-state index contributed by atoms with van der Waals surface area (Å²) >= 11 is 5.31. The molecule has 0 aromatic heterocycles. The van der Waals surface area contributed by atoms with Gasteiger partial charge in [0.1, 0.15) is 5.71 Å². The lowest BCUT2D eigenvalue weighted by Gasteiger charge is -2.06. The zero-order chi connectivity index (χ0) is 10.6. The smallest absolute Gasteiger partial charge is 0.249 e. The average molecular weight is 212 g/mol. The molecule has 0 spiro atoms. The molecule has 0 unspecified atom stereocenters. The molecule has 13 heavy (non-hydrogen) atoms. The Balaban J connectivity index is 5.00. The molecule has 0 atom stereocenters. The molecule has 0 bridgehead atoms. The average Bonchev–Trinajstić information content (AvgIpc) is 1.81. The number of alkyl halides is 3. The maximum absolute atomic E-state index is 12.2. The summed E-state index contributed by atoms with van der Waals surface area (Å²) in [6.07, 6.45) is -3.73. The molecule has 0 aliphatic carbocycles. The van der Waals surface area contributed by atoms with E-state index in [0.717, 1.165) is 6.08 Å². The van der Waals surface area contributed by atoms with E-state index in [-0.39, 0.29) is 10.7 Å². The molecular formula is C8H9ClF3N. The third kappa shape index (κ3) is 5.47. The highest BCUT2D eigenvalue weighted by Crippen LogP contribution is 2.20. The van der Waals surface area contributed by atoms with Crippen LogP contribution in [0.4, 0.5) is 13.2 Å². The number of allylic oxidation sites excluding steroid dienone is 3. The summed E-state index contributed by atoms with van der Waals surface area (Å²) in [5.41, 5.74) is -0.950. The predicted octanol–water partition coefficient (Wildman–Crippen LogP) is 3.67. The zero-order valence-corrected chi connectivity index (χ0v) is 8.00. The normalized spacial score (nSPS) is 14.6. The van der Waals surface area contributed by atoms with Crippen LogP contribution in [0.25, 0.3) is 0 Å². The fourth-order valence-corrected chi connectivity index (χ4v) is 0.675. The minimum atomic E-state index is -4.49. The molecule has 0 aliphatic rings. The van der Waals surface area contributed by atoms with Gasteiger partial charge in [-0.25, -0.2) is 4.99 Å². The van der Waals surface area contributed by atoms with E-state index in [4.69, 9.17) is 11.6 Å². The van der Waals surface area contributed by atoms with Gasteiger partial charge in [-0.2, -0.15) is 13.2 Å². The molecule has 0 aromatic carbocycles. The first kappa shape index (κ1) is 12.2. The standard InChI is InChI=1S/C8H9ClF3N/c1-5(2)13-7(4-6(3)9)8(10,11)12/h4H,1H2,2-3H3/b6-4+,13-7?. The van der Waals surface area contributed by atoms with Gasteiger partial charge in [-0.15, -0.1) is 0 Å². The van der Waals surface area contributed by atoms with Gasteiger partial charge in [0.2, 0.25) is 0 Å². The molecule has 0 saturated carbocycles. The highest BCUT2D eigenvalue weighted by atomic mass is 35.5. The molecular weight excluding hydrogens is 203 g/mol. The Bertz CT molecular complexity index is 259. The summed E-state index contributed by atoms with van der Waals surface area (Å²) in [6.45, 7) is 5.98. The van der Waals surface area contributed by atoms with Crippen LogP contribution in [0, 0.1) is 0 Å². The molecule has 0 radical (unpaired) electrons. The van der Waals surface area contributed by atoms with E-state index in [0.29, 0.717) is 0 Å².